The Bertz CT molecular complexity index is 433. The van der Waals surface area contributed by atoms with Crippen molar-refractivity contribution in [2.75, 3.05) is 0 Å². The van der Waals surface area contributed by atoms with Gasteiger partial charge in [-0.1, -0.05) is 0 Å². The quantitative estimate of drug-likeness (QED) is 0.786. The molecule has 0 saturated heterocycles. The molecule has 1 heterocycles. The molecule has 0 aliphatic heterocycles. The summed E-state index contributed by atoms with van der Waals surface area (Å²) in [6.07, 6.45) is 3.73. The SMILES string of the molecule is Cc1ncn(CCCCC#N)c(=O)c1Br. The van der Waals surface area contributed by atoms with Gasteiger partial charge in [0.1, 0.15) is 4.47 Å². The topological polar surface area (TPSA) is 58.7 Å². The van der Waals surface area contributed by atoms with Gasteiger partial charge in [-0.2, -0.15) is 5.26 Å². The monoisotopic (exact) mass is 269 g/mol. The Kier molecular flexibility index (Phi) is 4.50. The predicted molar refractivity (Wildman–Crippen MR) is 60.4 cm³/mol. The van der Waals surface area contributed by atoms with Crippen molar-refractivity contribution >= 4 is 15.9 Å². The van der Waals surface area contributed by atoms with E-state index in [-0.39, 0.29) is 5.56 Å². The number of unbranched alkanes of at least 4 members (excludes halogenated alkanes) is 2. The van der Waals surface area contributed by atoms with Crippen LogP contribution >= 0.6 is 15.9 Å². The van der Waals surface area contributed by atoms with Crippen LogP contribution in [0.5, 0.6) is 0 Å². The second-order valence-electron chi connectivity index (χ2n) is 3.26. The van der Waals surface area contributed by atoms with Crippen LogP contribution in [0.25, 0.3) is 0 Å². The first-order valence-electron chi connectivity index (χ1n) is 4.75. The summed E-state index contributed by atoms with van der Waals surface area (Å²) in [4.78, 5) is 15.8. The van der Waals surface area contributed by atoms with Crippen LogP contribution in [0.15, 0.2) is 15.6 Å². The Morgan fingerprint density at radius 3 is 3.00 bits per heavy atom. The second-order valence-corrected chi connectivity index (χ2v) is 4.05. The fourth-order valence-electron chi connectivity index (χ4n) is 1.19. The highest BCUT2D eigenvalue weighted by Gasteiger charge is 2.04. The molecule has 0 atom stereocenters. The van der Waals surface area contributed by atoms with Crippen molar-refractivity contribution in [1.29, 1.82) is 5.26 Å². The zero-order valence-electron chi connectivity index (χ0n) is 8.53. The average molecular weight is 270 g/mol. The molecule has 0 amide bonds. The first kappa shape index (κ1) is 11.9. The molecule has 0 N–H and O–H groups in total. The fraction of sp³-hybridized carbons (Fsp3) is 0.500. The van der Waals surface area contributed by atoms with E-state index in [0.29, 0.717) is 23.1 Å². The average Bonchev–Trinajstić information content (AvgIpc) is 2.24. The Morgan fingerprint density at radius 2 is 2.33 bits per heavy atom. The normalized spacial score (nSPS) is 9.93. The Morgan fingerprint density at radius 1 is 1.60 bits per heavy atom. The van der Waals surface area contributed by atoms with Gasteiger partial charge in [0.15, 0.2) is 0 Å². The van der Waals surface area contributed by atoms with Crippen molar-refractivity contribution < 1.29 is 0 Å². The summed E-state index contributed by atoms with van der Waals surface area (Å²) in [6, 6.07) is 2.08. The molecule has 0 aliphatic carbocycles. The summed E-state index contributed by atoms with van der Waals surface area (Å²) in [6.45, 7) is 2.40. The van der Waals surface area contributed by atoms with Gasteiger partial charge in [-0.25, -0.2) is 4.98 Å². The highest BCUT2D eigenvalue weighted by Crippen LogP contribution is 2.06. The molecule has 5 heteroatoms. The molecule has 15 heavy (non-hydrogen) atoms. The highest BCUT2D eigenvalue weighted by molar-refractivity contribution is 9.10. The van der Waals surface area contributed by atoms with Gasteiger partial charge in [-0.15, -0.1) is 0 Å². The van der Waals surface area contributed by atoms with Crippen LogP contribution in [-0.2, 0) is 6.54 Å². The van der Waals surface area contributed by atoms with E-state index in [9.17, 15) is 4.79 Å². The number of hydrogen-bond acceptors (Lipinski definition) is 3. The fourth-order valence-corrected chi connectivity index (χ4v) is 1.52. The van der Waals surface area contributed by atoms with Crippen LogP contribution < -0.4 is 5.56 Å². The number of aromatic nitrogens is 2. The molecule has 0 fully saturated rings. The molecule has 4 nitrogen and oxygen atoms in total. The molecule has 1 aromatic rings. The van der Waals surface area contributed by atoms with Crippen LogP contribution in [0.4, 0.5) is 0 Å². The largest absolute Gasteiger partial charge is 0.298 e. The first-order chi connectivity index (χ1) is 7.16. The van der Waals surface area contributed by atoms with Crippen molar-refractivity contribution in [3.63, 3.8) is 0 Å². The number of aryl methyl sites for hydroxylation is 2. The number of halogens is 1. The predicted octanol–water partition coefficient (Wildman–Crippen LogP) is 2.01. The van der Waals surface area contributed by atoms with E-state index in [2.05, 4.69) is 27.0 Å². The molecule has 0 saturated carbocycles. The summed E-state index contributed by atoms with van der Waals surface area (Å²) < 4.78 is 2.08. The Balaban J connectivity index is 2.67. The third-order valence-corrected chi connectivity index (χ3v) is 3.01. The maximum atomic E-state index is 11.7. The zero-order valence-corrected chi connectivity index (χ0v) is 10.1. The lowest BCUT2D eigenvalue weighted by molar-refractivity contribution is 0.586. The smallest absolute Gasteiger partial charge is 0.267 e. The van der Waals surface area contributed by atoms with E-state index >= 15 is 0 Å². The third kappa shape index (κ3) is 3.17. The minimum absolute atomic E-state index is 0.0561. The Labute approximate surface area is 96.7 Å². The van der Waals surface area contributed by atoms with Crippen LogP contribution in [0.1, 0.15) is 25.0 Å². The summed E-state index contributed by atoms with van der Waals surface area (Å²) in [5.74, 6) is 0. The van der Waals surface area contributed by atoms with E-state index in [1.165, 1.54) is 0 Å². The molecule has 0 bridgehead atoms. The van der Waals surface area contributed by atoms with E-state index in [0.717, 1.165) is 12.8 Å². The third-order valence-electron chi connectivity index (χ3n) is 2.09. The maximum Gasteiger partial charge on any atom is 0.267 e. The number of hydrogen-bond donors (Lipinski definition) is 0. The summed E-state index contributed by atoms with van der Waals surface area (Å²) in [5.41, 5.74) is 0.646. The molecule has 1 rings (SSSR count). The number of nitrogens with zero attached hydrogens (tertiary/aromatic N) is 3. The molecule has 1 aromatic heterocycles. The van der Waals surface area contributed by atoms with Crippen molar-refractivity contribution in [3.8, 4) is 6.07 Å². The molecule has 0 unspecified atom stereocenters. The van der Waals surface area contributed by atoms with Crippen LogP contribution in [0, 0.1) is 18.3 Å². The van der Waals surface area contributed by atoms with Crippen molar-refractivity contribution in [2.24, 2.45) is 0 Å². The van der Waals surface area contributed by atoms with Gasteiger partial charge in [-0.05, 0) is 35.7 Å². The van der Waals surface area contributed by atoms with Crippen LogP contribution in [-0.4, -0.2) is 9.55 Å². The standard InChI is InChI=1S/C10H12BrN3O/c1-8-9(11)10(15)14(7-13-8)6-4-2-3-5-12/h7H,2-4,6H2,1H3. The summed E-state index contributed by atoms with van der Waals surface area (Å²) in [5, 5.41) is 8.36. The Hall–Kier alpha value is -1.15. The minimum Gasteiger partial charge on any atom is -0.298 e. The molecule has 80 valence electrons. The maximum absolute atomic E-state index is 11.7. The van der Waals surface area contributed by atoms with Gasteiger partial charge in [0, 0.05) is 13.0 Å². The van der Waals surface area contributed by atoms with Crippen molar-refractivity contribution in [2.45, 2.75) is 32.7 Å². The van der Waals surface area contributed by atoms with Gasteiger partial charge in [-0.3, -0.25) is 9.36 Å². The lowest BCUT2D eigenvalue weighted by Crippen LogP contribution is -2.22. The molecular formula is C10H12BrN3O. The van der Waals surface area contributed by atoms with Crippen LogP contribution in [0.2, 0.25) is 0 Å². The summed E-state index contributed by atoms with van der Waals surface area (Å²) >= 11 is 3.20. The molecule has 0 aliphatic rings. The van der Waals surface area contributed by atoms with Crippen molar-refractivity contribution in [3.05, 3.63) is 26.8 Å². The van der Waals surface area contributed by atoms with Crippen molar-refractivity contribution in [1.82, 2.24) is 9.55 Å². The molecule has 0 radical (unpaired) electrons. The van der Waals surface area contributed by atoms with Crippen LogP contribution in [0.3, 0.4) is 0 Å². The van der Waals surface area contributed by atoms with E-state index in [4.69, 9.17) is 5.26 Å². The van der Waals surface area contributed by atoms with Gasteiger partial charge >= 0.3 is 0 Å². The number of rotatable bonds is 4. The van der Waals surface area contributed by atoms with E-state index in [1.807, 2.05) is 0 Å². The van der Waals surface area contributed by atoms with Gasteiger partial charge in [0.05, 0.1) is 18.1 Å². The van der Waals surface area contributed by atoms with E-state index in [1.54, 1.807) is 17.8 Å². The van der Waals surface area contributed by atoms with E-state index < -0.39 is 0 Å². The zero-order chi connectivity index (χ0) is 11.3. The van der Waals surface area contributed by atoms with Gasteiger partial charge in [0.25, 0.3) is 5.56 Å². The first-order valence-corrected chi connectivity index (χ1v) is 5.54. The van der Waals surface area contributed by atoms with Gasteiger partial charge in [0.2, 0.25) is 0 Å². The molecular weight excluding hydrogens is 258 g/mol. The summed E-state index contributed by atoms with van der Waals surface area (Å²) in [7, 11) is 0. The number of nitriles is 1. The van der Waals surface area contributed by atoms with Gasteiger partial charge < -0.3 is 0 Å². The molecule has 0 spiro atoms. The lowest BCUT2D eigenvalue weighted by Gasteiger charge is -2.05. The molecule has 0 aromatic carbocycles. The highest BCUT2D eigenvalue weighted by atomic mass is 79.9. The lowest BCUT2D eigenvalue weighted by atomic mass is 10.2. The minimum atomic E-state index is -0.0561. The second kappa shape index (κ2) is 5.66.